The maximum atomic E-state index is 11.2. The van der Waals surface area contributed by atoms with Crippen molar-refractivity contribution < 1.29 is 4.92 Å². The fraction of sp³-hybridized carbons (Fsp3) is 0.250. The number of pyridine rings is 1. The van der Waals surface area contributed by atoms with Gasteiger partial charge in [-0.05, 0) is 43.5 Å². The van der Waals surface area contributed by atoms with Crippen molar-refractivity contribution in [1.82, 2.24) is 4.98 Å². The van der Waals surface area contributed by atoms with Crippen LogP contribution in [0, 0.1) is 17.0 Å². The molecular formula is C20H20ClN3O2. The summed E-state index contributed by atoms with van der Waals surface area (Å²) in [5.41, 5.74) is 3.30. The van der Waals surface area contributed by atoms with Crippen LogP contribution < -0.4 is 4.90 Å². The lowest BCUT2D eigenvalue weighted by Crippen LogP contribution is -2.32. The third kappa shape index (κ3) is 4.49. The number of halogens is 1. The van der Waals surface area contributed by atoms with E-state index in [1.165, 1.54) is 11.6 Å². The molecule has 1 aliphatic rings. The number of hydrogen-bond acceptors (Lipinski definition) is 4. The third-order valence-corrected chi connectivity index (χ3v) is 4.64. The SMILES string of the molecule is Cc1ccc([N+](=O)[O-])c(N2CCC(=C/C=C/c3ccc(Cl)cc3)CC2)n1. The van der Waals surface area contributed by atoms with E-state index in [9.17, 15) is 10.1 Å². The van der Waals surface area contributed by atoms with Crippen molar-refractivity contribution in [3.63, 3.8) is 0 Å². The fourth-order valence-electron chi connectivity index (χ4n) is 2.95. The van der Waals surface area contributed by atoms with Gasteiger partial charge in [-0.1, -0.05) is 47.5 Å². The molecule has 0 saturated carbocycles. The van der Waals surface area contributed by atoms with Crippen LogP contribution in [0.15, 0.2) is 54.1 Å². The average Bonchev–Trinajstić information content (AvgIpc) is 2.63. The van der Waals surface area contributed by atoms with Crippen LogP contribution in [0.3, 0.4) is 0 Å². The highest BCUT2D eigenvalue weighted by Crippen LogP contribution is 2.29. The normalized spacial score (nSPS) is 14.7. The number of benzene rings is 1. The third-order valence-electron chi connectivity index (χ3n) is 4.39. The highest BCUT2D eigenvalue weighted by Gasteiger charge is 2.23. The van der Waals surface area contributed by atoms with E-state index in [-0.39, 0.29) is 10.6 Å². The maximum Gasteiger partial charge on any atom is 0.311 e. The van der Waals surface area contributed by atoms with Crippen molar-refractivity contribution in [2.45, 2.75) is 19.8 Å². The van der Waals surface area contributed by atoms with E-state index in [1.807, 2.05) is 48.2 Å². The average molecular weight is 370 g/mol. The van der Waals surface area contributed by atoms with E-state index in [2.05, 4.69) is 11.1 Å². The zero-order valence-electron chi connectivity index (χ0n) is 14.6. The van der Waals surface area contributed by atoms with Crippen LogP contribution >= 0.6 is 11.6 Å². The van der Waals surface area contributed by atoms with Gasteiger partial charge in [-0.15, -0.1) is 0 Å². The standard InChI is InChI=1S/C20H20ClN3O2/c1-15-5-10-19(24(25)26)20(22-15)23-13-11-17(12-14-23)4-2-3-16-6-8-18(21)9-7-16/h2-10H,11-14H2,1H3/b3-2+. The molecule has 1 aliphatic heterocycles. The predicted octanol–water partition coefficient (Wildman–Crippen LogP) is 5.19. The summed E-state index contributed by atoms with van der Waals surface area (Å²) in [7, 11) is 0. The number of nitrogens with zero attached hydrogens (tertiary/aromatic N) is 3. The quantitative estimate of drug-likeness (QED) is 0.549. The Kier molecular flexibility index (Phi) is 5.68. The van der Waals surface area contributed by atoms with Gasteiger partial charge in [-0.3, -0.25) is 10.1 Å². The van der Waals surface area contributed by atoms with E-state index in [0.29, 0.717) is 5.82 Å². The van der Waals surface area contributed by atoms with Gasteiger partial charge in [0.05, 0.1) is 4.92 Å². The molecule has 0 amide bonds. The molecule has 0 atom stereocenters. The molecule has 0 bridgehead atoms. The Balaban J connectivity index is 1.65. The van der Waals surface area contributed by atoms with Gasteiger partial charge in [0.25, 0.3) is 0 Å². The van der Waals surface area contributed by atoms with E-state index in [1.54, 1.807) is 6.07 Å². The molecule has 0 N–H and O–H groups in total. The number of hydrogen-bond donors (Lipinski definition) is 0. The molecule has 2 aromatic rings. The zero-order valence-corrected chi connectivity index (χ0v) is 15.3. The monoisotopic (exact) mass is 369 g/mol. The van der Waals surface area contributed by atoms with Crippen molar-refractivity contribution >= 4 is 29.2 Å². The van der Waals surface area contributed by atoms with Gasteiger partial charge in [0.1, 0.15) is 0 Å². The highest BCUT2D eigenvalue weighted by atomic mass is 35.5. The molecule has 2 heterocycles. The van der Waals surface area contributed by atoms with E-state index < -0.39 is 0 Å². The molecular weight excluding hydrogens is 350 g/mol. The number of allylic oxidation sites excluding steroid dienone is 2. The predicted molar refractivity (Wildman–Crippen MR) is 106 cm³/mol. The molecule has 6 heteroatoms. The molecule has 1 aromatic heterocycles. The second-order valence-corrected chi connectivity index (χ2v) is 6.71. The van der Waals surface area contributed by atoms with Gasteiger partial charge >= 0.3 is 5.69 Å². The Hall–Kier alpha value is -2.66. The number of nitro groups is 1. The Bertz CT molecular complexity index is 850. The summed E-state index contributed by atoms with van der Waals surface area (Å²) in [6.45, 7) is 3.32. The summed E-state index contributed by atoms with van der Waals surface area (Å²) in [6, 6.07) is 10.9. The summed E-state index contributed by atoms with van der Waals surface area (Å²) >= 11 is 5.88. The largest absolute Gasteiger partial charge is 0.350 e. The highest BCUT2D eigenvalue weighted by molar-refractivity contribution is 6.30. The first kappa shape index (κ1) is 18.1. The summed E-state index contributed by atoms with van der Waals surface area (Å²) < 4.78 is 0. The number of piperidine rings is 1. The van der Waals surface area contributed by atoms with Gasteiger partial charge in [0, 0.05) is 29.9 Å². The first-order valence-corrected chi connectivity index (χ1v) is 8.89. The lowest BCUT2D eigenvalue weighted by atomic mass is 10.0. The van der Waals surface area contributed by atoms with E-state index in [4.69, 9.17) is 11.6 Å². The second kappa shape index (κ2) is 8.15. The molecule has 26 heavy (non-hydrogen) atoms. The molecule has 0 unspecified atom stereocenters. The molecule has 0 spiro atoms. The van der Waals surface area contributed by atoms with Crippen molar-refractivity contribution in [3.8, 4) is 0 Å². The molecule has 5 nitrogen and oxygen atoms in total. The van der Waals surface area contributed by atoms with Gasteiger partial charge in [-0.25, -0.2) is 4.98 Å². The summed E-state index contributed by atoms with van der Waals surface area (Å²) in [5.74, 6) is 0.478. The van der Waals surface area contributed by atoms with Crippen molar-refractivity contribution in [1.29, 1.82) is 0 Å². The molecule has 3 rings (SSSR count). The van der Waals surface area contributed by atoms with Crippen LogP contribution in [0.4, 0.5) is 11.5 Å². The van der Waals surface area contributed by atoms with E-state index in [0.717, 1.165) is 42.2 Å². The Morgan fingerprint density at radius 2 is 1.85 bits per heavy atom. The fourth-order valence-corrected chi connectivity index (χ4v) is 3.08. The Morgan fingerprint density at radius 1 is 1.15 bits per heavy atom. The van der Waals surface area contributed by atoms with Crippen molar-refractivity contribution in [2.75, 3.05) is 18.0 Å². The number of aryl methyl sites for hydroxylation is 1. The molecule has 134 valence electrons. The zero-order chi connectivity index (χ0) is 18.5. The summed E-state index contributed by atoms with van der Waals surface area (Å²) in [5, 5.41) is 12.0. The lowest BCUT2D eigenvalue weighted by Gasteiger charge is -2.29. The molecule has 1 aromatic carbocycles. The maximum absolute atomic E-state index is 11.2. The number of anilines is 1. The van der Waals surface area contributed by atoms with Gasteiger partial charge in [-0.2, -0.15) is 0 Å². The number of rotatable bonds is 4. The van der Waals surface area contributed by atoms with Gasteiger partial charge in [0.2, 0.25) is 5.82 Å². The van der Waals surface area contributed by atoms with Crippen molar-refractivity contribution in [3.05, 3.63) is 80.5 Å². The first-order valence-electron chi connectivity index (χ1n) is 8.51. The Morgan fingerprint density at radius 3 is 2.50 bits per heavy atom. The molecule has 1 fully saturated rings. The minimum atomic E-state index is -0.359. The smallest absolute Gasteiger partial charge is 0.311 e. The van der Waals surface area contributed by atoms with Crippen LogP contribution in [0.2, 0.25) is 5.02 Å². The lowest BCUT2D eigenvalue weighted by molar-refractivity contribution is -0.384. The molecule has 1 saturated heterocycles. The van der Waals surface area contributed by atoms with Crippen LogP contribution in [0.1, 0.15) is 24.1 Å². The first-order chi connectivity index (χ1) is 12.5. The summed E-state index contributed by atoms with van der Waals surface area (Å²) in [6.07, 6.45) is 7.96. The minimum Gasteiger partial charge on any atom is -0.350 e. The van der Waals surface area contributed by atoms with Crippen LogP contribution in [0.5, 0.6) is 0 Å². The van der Waals surface area contributed by atoms with Gasteiger partial charge in [0.15, 0.2) is 0 Å². The Labute approximate surface area is 157 Å². The minimum absolute atomic E-state index is 0.0747. The summed E-state index contributed by atoms with van der Waals surface area (Å²) in [4.78, 5) is 17.3. The molecule has 0 radical (unpaired) electrons. The van der Waals surface area contributed by atoms with Crippen LogP contribution in [-0.2, 0) is 0 Å². The topological polar surface area (TPSA) is 59.3 Å². The van der Waals surface area contributed by atoms with E-state index >= 15 is 0 Å². The van der Waals surface area contributed by atoms with Crippen molar-refractivity contribution in [2.24, 2.45) is 0 Å². The van der Waals surface area contributed by atoms with Gasteiger partial charge < -0.3 is 4.90 Å². The number of aromatic nitrogens is 1. The second-order valence-electron chi connectivity index (χ2n) is 6.28. The van der Waals surface area contributed by atoms with Crippen LogP contribution in [0.25, 0.3) is 6.08 Å². The van der Waals surface area contributed by atoms with Crippen LogP contribution in [-0.4, -0.2) is 23.0 Å². The molecule has 0 aliphatic carbocycles.